The standard InChI is InChI=1S/C28H29N3O3/c1-19(20-9-3-2-4-10-20)29-27(32)21-11-7-12-22(17-21)30-26-24-14-5-6-15-25(24)28(33)31(26)18-23-13-8-16-34-23/h2-7,9-12,14-15,17,19,23,26,30H,8,13,16,18H2,1H3,(H,29,32). The summed E-state index contributed by atoms with van der Waals surface area (Å²) in [6, 6.07) is 24.9. The number of anilines is 1. The number of nitrogens with one attached hydrogen (secondary N) is 2. The fraction of sp³-hybridized carbons (Fsp3) is 0.286. The molecule has 2 aliphatic rings. The summed E-state index contributed by atoms with van der Waals surface area (Å²) in [5.41, 5.74) is 4.06. The maximum Gasteiger partial charge on any atom is 0.256 e. The van der Waals surface area contributed by atoms with E-state index in [9.17, 15) is 9.59 Å². The van der Waals surface area contributed by atoms with E-state index >= 15 is 0 Å². The largest absolute Gasteiger partial charge is 0.376 e. The van der Waals surface area contributed by atoms with Gasteiger partial charge < -0.3 is 20.3 Å². The van der Waals surface area contributed by atoms with Crippen molar-refractivity contribution >= 4 is 17.5 Å². The topological polar surface area (TPSA) is 70.7 Å². The first kappa shape index (κ1) is 22.2. The van der Waals surface area contributed by atoms with Crippen molar-refractivity contribution < 1.29 is 14.3 Å². The number of carbonyl (C=O) groups excluding carboxylic acids is 2. The zero-order chi connectivity index (χ0) is 23.5. The van der Waals surface area contributed by atoms with Gasteiger partial charge in [-0.1, -0.05) is 54.6 Å². The van der Waals surface area contributed by atoms with Crippen molar-refractivity contribution in [2.45, 2.75) is 38.1 Å². The minimum Gasteiger partial charge on any atom is -0.376 e. The van der Waals surface area contributed by atoms with Gasteiger partial charge in [-0.05, 0) is 49.6 Å². The molecule has 0 aliphatic carbocycles. The molecule has 2 aliphatic heterocycles. The third-order valence-corrected chi connectivity index (χ3v) is 6.56. The quantitative estimate of drug-likeness (QED) is 0.530. The van der Waals surface area contributed by atoms with Crippen LogP contribution in [-0.2, 0) is 4.74 Å². The normalized spacial score (nSPS) is 20.1. The minimum atomic E-state index is -0.311. The summed E-state index contributed by atoms with van der Waals surface area (Å²) in [6.45, 7) is 3.26. The van der Waals surface area contributed by atoms with Crippen LogP contribution in [0.2, 0.25) is 0 Å². The summed E-state index contributed by atoms with van der Waals surface area (Å²) in [5, 5.41) is 6.57. The van der Waals surface area contributed by atoms with Gasteiger partial charge in [0.05, 0.1) is 12.1 Å². The van der Waals surface area contributed by atoms with Crippen LogP contribution in [0.3, 0.4) is 0 Å². The average molecular weight is 456 g/mol. The van der Waals surface area contributed by atoms with E-state index < -0.39 is 0 Å². The molecule has 2 N–H and O–H groups in total. The van der Waals surface area contributed by atoms with Crippen LogP contribution in [0, 0.1) is 0 Å². The maximum absolute atomic E-state index is 13.2. The Morgan fingerprint density at radius 3 is 2.65 bits per heavy atom. The molecular weight excluding hydrogens is 426 g/mol. The van der Waals surface area contributed by atoms with Crippen LogP contribution in [-0.4, -0.2) is 36.0 Å². The van der Waals surface area contributed by atoms with Crippen LogP contribution < -0.4 is 10.6 Å². The summed E-state index contributed by atoms with van der Waals surface area (Å²) >= 11 is 0. The maximum atomic E-state index is 13.2. The Morgan fingerprint density at radius 2 is 1.85 bits per heavy atom. The number of fused-ring (bicyclic) bond motifs is 1. The first-order valence-corrected chi connectivity index (χ1v) is 11.8. The minimum absolute atomic E-state index is 0.00850. The number of rotatable bonds is 7. The van der Waals surface area contributed by atoms with E-state index in [0.29, 0.717) is 17.7 Å². The highest BCUT2D eigenvalue weighted by atomic mass is 16.5. The second kappa shape index (κ2) is 9.69. The third kappa shape index (κ3) is 4.54. The molecule has 2 amide bonds. The Bertz CT molecular complexity index is 1170. The van der Waals surface area contributed by atoms with Crippen LogP contribution in [0.15, 0.2) is 78.9 Å². The third-order valence-electron chi connectivity index (χ3n) is 6.56. The highest BCUT2D eigenvalue weighted by molar-refractivity contribution is 5.99. The molecule has 3 atom stereocenters. The van der Waals surface area contributed by atoms with Gasteiger partial charge in [0.2, 0.25) is 0 Å². The zero-order valence-corrected chi connectivity index (χ0v) is 19.2. The van der Waals surface area contributed by atoms with Gasteiger partial charge in [0, 0.05) is 35.5 Å². The van der Waals surface area contributed by atoms with Crippen molar-refractivity contribution in [3.8, 4) is 0 Å². The van der Waals surface area contributed by atoms with E-state index in [4.69, 9.17) is 4.74 Å². The zero-order valence-electron chi connectivity index (χ0n) is 19.2. The molecule has 6 heteroatoms. The van der Waals surface area contributed by atoms with Gasteiger partial charge in [-0.3, -0.25) is 9.59 Å². The van der Waals surface area contributed by atoms with Crippen molar-refractivity contribution in [1.29, 1.82) is 0 Å². The predicted molar refractivity (Wildman–Crippen MR) is 132 cm³/mol. The molecule has 0 saturated carbocycles. The number of hydrogen-bond acceptors (Lipinski definition) is 4. The SMILES string of the molecule is CC(NC(=O)c1cccc(NC2c3ccccc3C(=O)N2CC2CCCO2)c1)c1ccccc1. The fourth-order valence-corrected chi connectivity index (χ4v) is 4.73. The van der Waals surface area contributed by atoms with Gasteiger partial charge in [0.15, 0.2) is 0 Å². The molecule has 2 heterocycles. The van der Waals surface area contributed by atoms with Crippen LogP contribution in [0.25, 0.3) is 0 Å². The molecule has 34 heavy (non-hydrogen) atoms. The highest BCUT2D eigenvalue weighted by Gasteiger charge is 2.38. The fourth-order valence-electron chi connectivity index (χ4n) is 4.73. The van der Waals surface area contributed by atoms with Crippen molar-refractivity contribution in [3.05, 3.63) is 101 Å². The molecule has 0 spiro atoms. The number of benzene rings is 3. The molecule has 5 rings (SSSR count). The summed E-state index contributed by atoms with van der Waals surface area (Å²) in [7, 11) is 0. The Kier molecular flexibility index (Phi) is 6.32. The lowest BCUT2D eigenvalue weighted by Gasteiger charge is -2.29. The van der Waals surface area contributed by atoms with E-state index in [1.165, 1.54) is 0 Å². The average Bonchev–Trinajstić information content (AvgIpc) is 3.48. The lowest BCUT2D eigenvalue weighted by molar-refractivity contribution is 0.0488. The summed E-state index contributed by atoms with van der Waals surface area (Å²) in [5.74, 6) is -0.131. The number of carbonyl (C=O) groups is 2. The summed E-state index contributed by atoms with van der Waals surface area (Å²) < 4.78 is 5.81. The van der Waals surface area contributed by atoms with Crippen LogP contribution in [0.4, 0.5) is 5.69 Å². The molecule has 0 radical (unpaired) electrons. The van der Waals surface area contributed by atoms with E-state index in [1.807, 2.05) is 84.6 Å². The van der Waals surface area contributed by atoms with Crippen LogP contribution >= 0.6 is 0 Å². The lowest BCUT2D eigenvalue weighted by atomic mass is 10.1. The van der Waals surface area contributed by atoms with Crippen LogP contribution in [0.1, 0.15) is 63.8 Å². The molecule has 1 saturated heterocycles. The first-order valence-electron chi connectivity index (χ1n) is 11.8. The number of ether oxygens (including phenoxy) is 1. The molecule has 0 aromatic heterocycles. The molecule has 0 bridgehead atoms. The molecule has 6 nitrogen and oxygen atoms in total. The molecule has 1 fully saturated rings. The molecular formula is C28H29N3O3. The molecule has 174 valence electrons. The Balaban J connectivity index is 1.35. The predicted octanol–water partition coefficient (Wildman–Crippen LogP) is 4.92. The Hall–Kier alpha value is -3.64. The van der Waals surface area contributed by atoms with Gasteiger partial charge in [-0.25, -0.2) is 0 Å². The highest BCUT2D eigenvalue weighted by Crippen LogP contribution is 2.35. The lowest BCUT2D eigenvalue weighted by Crippen LogP contribution is -2.38. The van der Waals surface area contributed by atoms with E-state index in [-0.39, 0.29) is 30.1 Å². The molecule has 3 unspecified atom stereocenters. The van der Waals surface area contributed by atoms with E-state index in [1.54, 1.807) is 6.07 Å². The summed E-state index contributed by atoms with van der Waals surface area (Å²) in [6.07, 6.45) is 1.73. The van der Waals surface area contributed by atoms with Gasteiger partial charge in [0.25, 0.3) is 11.8 Å². The second-order valence-corrected chi connectivity index (χ2v) is 8.91. The van der Waals surface area contributed by atoms with Crippen LogP contribution in [0.5, 0.6) is 0 Å². The first-order chi connectivity index (χ1) is 16.6. The van der Waals surface area contributed by atoms with Crippen molar-refractivity contribution in [2.24, 2.45) is 0 Å². The Labute approximate surface area is 199 Å². The van der Waals surface area contributed by atoms with Crippen molar-refractivity contribution in [2.75, 3.05) is 18.5 Å². The summed E-state index contributed by atoms with van der Waals surface area (Å²) in [4.78, 5) is 28.0. The van der Waals surface area contributed by atoms with Gasteiger partial charge >= 0.3 is 0 Å². The second-order valence-electron chi connectivity index (χ2n) is 8.91. The molecule has 3 aromatic rings. The monoisotopic (exact) mass is 455 g/mol. The number of amides is 2. The number of nitrogens with zero attached hydrogens (tertiary/aromatic N) is 1. The van der Waals surface area contributed by atoms with Gasteiger partial charge in [0.1, 0.15) is 6.17 Å². The van der Waals surface area contributed by atoms with E-state index in [0.717, 1.165) is 36.3 Å². The van der Waals surface area contributed by atoms with Gasteiger partial charge in [-0.15, -0.1) is 0 Å². The Morgan fingerprint density at radius 1 is 1.06 bits per heavy atom. The smallest absolute Gasteiger partial charge is 0.256 e. The molecule has 3 aromatic carbocycles. The number of hydrogen-bond donors (Lipinski definition) is 2. The van der Waals surface area contributed by atoms with Crippen molar-refractivity contribution in [3.63, 3.8) is 0 Å². The van der Waals surface area contributed by atoms with E-state index in [2.05, 4.69) is 10.6 Å². The van der Waals surface area contributed by atoms with Gasteiger partial charge in [-0.2, -0.15) is 0 Å². The van der Waals surface area contributed by atoms with Crippen molar-refractivity contribution in [1.82, 2.24) is 10.2 Å².